The van der Waals surface area contributed by atoms with E-state index in [9.17, 15) is 22.4 Å². The average molecular weight is 420 g/mol. The predicted octanol–water partition coefficient (Wildman–Crippen LogP) is 2.00. The summed E-state index contributed by atoms with van der Waals surface area (Å²) < 4.78 is 46.4. The number of furan rings is 1. The van der Waals surface area contributed by atoms with Crippen molar-refractivity contribution in [2.24, 2.45) is 5.14 Å². The third-order valence-electron chi connectivity index (χ3n) is 4.18. The van der Waals surface area contributed by atoms with Gasteiger partial charge in [-0.15, -0.1) is 0 Å². The number of primary sulfonamides is 1. The molecule has 3 N–H and O–H groups in total. The highest BCUT2D eigenvalue weighted by Gasteiger charge is 2.21. The van der Waals surface area contributed by atoms with E-state index in [4.69, 9.17) is 14.3 Å². The van der Waals surface area contributed by atoms with Gasteiger partial charge in [0.15, 0.2) is 18.0 Å². The second kappa shape index (κ2) is 8.02. The zero-order valence-electron chi connectivity index (χ0n) is 15.3. The number of aryl methyl sites for hydroxylation is 1. The number of rotatable bonds is 6. The summed E-state index contributed by atoms with van der Waals surface area (Å²) in [7, 11) is -3.79. The minimum absolute atomic E-state index is 0.0425. The van der Waals surface area contributed by atoms with Crippen LogP contribution in [0, 0.1) is 12.7 Å². The first kappa shape index (κ1) is 20.5. The number of carbonyl (C=O) groups is 2. The number of nitrogens with one attached hydrogen (secondary N) is 1. The van der Waals surface area contributed by atoms with Gasteiger partial charge in [0.25, 0.3) is 5.91 Å². The zero-order chi connectivity index (χ0) is 21.2. The van der Waals surface area contributed by atoms with Gasteiger partial charge in [-0.3, -0.25) is 4.79 Å². The van der Waals surface area contributed by atoms with Gasteiger partial charge in [0.1, 0.15) is 0 Å². The molecular weight excluding hydrogens is 403 g/mol. The van der Waals surface area contributed by atoms with Gasteiger partial charge in [-0.2, -0.15) is 0 Å². The molecule has 0 aliphatic rings. The Kier molecular flexibility index (Phi) is 5.66. The summed E-state index contributed by atoms with van der Waals surface area (Å²) in [4.78, 5) is 24.0. The van der Waals surface area contributed by atoms with Gasteiger partial charge >= 0.3 is 5.97 Å². The van der Waals surface area contributed by atoms with Crippen LogP contribution in [-0.4, -0.2) is 26.9 Å². The lowest BCUT2D eigenvalue weighted by atomic mass is 10.1. The Hall–Kier alpha value is -3.24. The fourth-order valence-corrected chi connectivity index (χ4v) is 3.16. The van der Waals surface area contributed by atoms with Gasteiger partial charge in [-0.25, -0.2) is 22.7 Å². The molecule has 152 valence electrons. The lowest BCUT2D eigenvalue weighted by Gasteiger charge is -2.07. The number of nitrogens with two attached hydrogens (primary N) is 1. The molecule has 0 atom stereocenters. The highest BCUT2D eigenvalue weighted by atomic mass is 32.2. The van der Waals surface area contributed by atoms with Gasteiger partial charge in [0.05, 0.1) is 4.90 Å². The number of sulfonamides is 1. The highest BCUT2D eigenvalue weighted by molar-refractivity contribution is 7.89. The molecule has 0 aliphatic carbocycles. The smallest absolute Gasteiger partial charge is 0.375 e. The van der Waals surface area contributed by atoms with Crippen LogP contribution in [0.15, 0.2) is 51.8 Å². The van der Waals surface area contributed by atoms with Crippen molar-refractivity contribution in [3.8, 4) is 0 Å². The van der Waals surface area contributed by atoms with Crippen LogP contribution in [-0.2, 0) is 26.1 Å². The van der Waals surface area contributed by atoms with E-state index in [-0.39, 0.29) is 22.8 Å². The number of ether oxygens (including phenoxy) is 1. The molecule has 0 radical (unpaired) electrons. The second-order valence-electron chi connectivity index (χ2n) is 6.21. The Bertz CT molecular complexity index is 1190. The van der Waals surface area contributed by atoms with Crippen LogP contribution in [0.5, 0.6) is 0 Å². The Morgan fingerprint density at radius 1 is 1.17 bits per heavy atom. The van der Waals surface area contributed by atoms with Gasteiger partial charge in [0, 0.05) is 17.5 Å². The summed E-state index contributed by atoms with van der Waals surface area (Å²) in [5.74, 6) is -2.23. The summed E-state index contributed by atoms with van der Waals surface area (Å²) in [5, 5.41) is 7.99. The molecular formula is C19H17FN2O6S. The molecule has 8 nitrogen and oxygen atoms in total. The topological polar surface area (TPSA) is 129 Å². The maximum Gasteiger partial charge on any atom is 0.375 e. The molecule has 1 aromatic heterocycles. The molecule has 0 aliphatic heterocycles. The maximum atomic E-state index is 13.8. The fourth-order valence-electron chi connectivity index (χ4n) is 2.65. The minimum atomic E-state index is -3.79. The first-order valence-electron chi connectivity index (χ1n) is 8.40. The Morgan fingerprint density at radius 3 is 2.48 bits per heavy atom. The van der Waals surface area contributed by atoms with Gasteiger partial charge < -0.3 is 14.5 Å². The Labute approximate surface area is 165 Å². The van der Waals surface area contributed by atoms with E-state index in [2.05, 4.69) is 5.32 Å². The van der Waals surface area contributed by atoms with Crippen molar-refractivity contribution in [2.45, 2.75) is 18.4 Å². The van der Waals surface area contributed by atoms with Crippen molar-refractivity contribution in [2.75, 3.05) is 6.61 Å². The average Bonchev–Trinajstić information content (AvgIpc) is 3.02. The maximum absolute atomic E-state index is 13.8. The van der Waals surface area contributed by atoms with Gasteiger partial charge in [-0.05, 0) is 30.7 Å². The highest BCUT2D eigenvalue weighted by Crippen LogP contribution is 2.27. The van der Waals surface area contributed by atoms with E-state index in [0.29, 0.717) is 16.5 Å². The van der Waals surface area contributed by atoms with Crippen LogP contribution in [0.2, 0.25) is 0 Å². The molecule has 0 saturated carbocycles. The molecule has 0 saturated heterocycles. The minimum Gasteiger partial charge on any atom is -0.450 e. The van der Waals surface area contributed by atoms with Crippen molar-refractivity contribution in [3.63, 3.8) is 0 Å². The van der Waals surface area contributed by atoms with Crippen LogP contribution in [0.25, 0.3) is 11.0 Å². The summed E-state index contributed by atoms with van der Waals surface area (Å²) in [5.41, 5.74) is 0.991. The second-order valence-corrected chi connectivity index (χ2v) is 7.78. The molecule has 1 amide bonds. The Balaban J connectivity index is 1.56. The van der Waals surface area contributed by atoms with E-state index >= 15 is 0 Å². The van der Waals surface area contributed by atoms with E-state index < -0.39 is 34.3 Å². The summed E-state index contributed by atoms with van der Waals surface area (Å²) >= 11 is 0. The van der Waals surface area contributed by atoms with E-state index in [0.717, 1.165) is 0 Å². The quantitative estimate of drug-likeness (QED) is 0.587. The van der Waals surface area contributed by atoms with Gasteiger partial charge in [-0.1, -0.05) is 24.3 Å². The fraction of sp³-hybridized carbons (Fsp3) is 0.158. The van der Waals surface area contributed by atoms with Crippen molar-refractivity contribution in [1.29, 1.82) is 0 Å². The summed E-state index contributed by atoms with van der Waals surface area (Å²) in [6.45, 7) is 1.12. The monoisotopic (exact) mass is 420 g/mol. The number of fused-ring (bicyclic) bond motifs is 1. The number of esters is 1. The summed E-state index contributed by atoms with van der Waals surface area (Å²) in [6.07, 6.45) is 0. The predicted molar refractivity (Wildman–Crippen MR) is 101 cm³/mol. The molecule has 0 bridgehead atoms. The number of benzene rings is 2. The molecule has 0 spiro atoms. The molecule has 0 unspecified atom stereocenters. The van der Waals surface area contributed by atoms with E-state index in [1.807, 2.05) is 0 Å². The van der Waals surface area contributed by atoms with Crippen molar-refractivity contribution in [1.82, 2.24) is 5.32 Å². The van der Waals surface area contributed by atoms with Gasteiger partial charge in [0.2, 0.25) is 15.8 Å². The molecule has 10 heteroatoms. The lowest BCUT2D eigenvalue weighted by Crippen LogP contribution is -2.28. The molecule has 2 aromatic carbocycles. The van der Waals surface area contributed by atoms with Crippen LogP contribution >= 0.6 is 0 Å². The third kappa shape index (κ3) is 4.61. The zero-order valence-corrected chi connectivity index (χ0v) is 16.1. The van der Waals surface area contributed by atoms with Crippen LogP contribution in [0.1, 0.15) is 21.7 Å². The molecule has 3 aromatic rings. The number of carbonyl (C=O) groups excluding carboxylic acids is 2. The van der Waals surface area contributed by atoms with Crippen LogP contribution < -0.4 is 10.5 Å². The molecule has 1 heterocycles. The largest absolute Gasteiger partial charge is 0.450 e. The SMILES string of the molecule is Cc1c(C(=O)OCC(=O)NCc2ccc(S(N)(=O)=O)cc2)oc2c(F)cccc12. The number of para-hydroxylation sites is 1. The standard InChI is InChI=1S/C19H17FN2O6S/c1-11-14-3-2-4-15(20)18(14)28-17(11)19(24)27-10-16(23)22-9-12-5-7-13(8-6-12)29(21,25)26/h2-8H,9-10H2,1H3,(H,22,23)(H2,21,25,26). The van der Waals surface area contributed by atoms with Crippen molar-refractivity contribution >= 4 is 32.9 Å². The van der Waals surface area contributed by atoms with Crippen molar-refractivity contribution in [3.05, 3.63) is 65.2 Å². The number of hydrogen-bond donors (Lipinski definition) is 2. The van der Waals surface area contributed by atoms with E-state index in [1.54, 1.807) is 13.0 Å². The molecule has 3 rings (SSSR count). The van der Waals surface area contributed by atoms with Crippen LogP contribution in [0.4, 0.5) is 4.39 Å². The van der Waals surface area contributed by atoms with Crippen molar-refractivity contribution < 1.29 is 31.6 Å². The normalized spacial score (nSPS) is 11.4. The first-order chi connectivity index (χ1) is 13.7. The Morgan fingerprint density at radius 2 is 1.86 bits per heavy atom. The summed E-state index contributed by atoms with van der Waals surface area (Å²) in [6, 6.07) is 9.96. The number of halogens is 1. The number of amides is 1. The third-order valence-corrected chi connectivity index (χ3v) is 5.11. The molecule has 0 fully saturated rings. The first-order valence-corrected chi connectivity index (χ1v) is 9.94. The lowest BCUT2D eigenvalue weighted by molar-refractivity contribution is -0.124. The van der Waals surface area contributed by atoms with E-state index in [1.165, 1.54) is 36.4 Å². The van der Waals surface area contributed by atoms with Crippen LogP contribution in [0.3, 0.4) is 0 Å². The number of hydrogen-bond acceptors (Lipinski definition) is 6. The molecule has 29 heavy (non-hydrogen) atoms.